The third kappa shape index (κ3) is 15.8. The zero-order chi connectivity index (χ0) is 14.9. The number of ether oxygens (including phenoxy) is 5. The van der Waals surface area contributed by atoms with Crippen LogP contribution in [-0.4, -0.2) is 72.6 Å². The molecule has 7 nitrogen and oxygen atoms in total. The van der Waals surface area contributed by atoms with E-state index in [0.717, 1.165) is 26.0 Å². The maximum absolute atomic E-state index is 5.34. The molecule has 20 heavy (non-hydrogen) atoms. The Morgan fingerprint density at radius 2 is 1.60 bits per heavy atom. The topological polar surface area (TPSA) is 61.4 Å². The van der Waals surface area contributed by atoms with Crippen LogP contribution in [0.25, 0.3) is 0 Å². The first-order valence-electron chi connectivity index (χ1n) is 7.03. The van der Waals surface area contributed by atoms with Crippen LogP contribution in [0.2, 0.25) is 0 Å². The fourth-order valence-corrected chi connectivity index (χ4v) is 1.20. The predicted octanol–water partition coefficient (Wildman–Crippen LogP) is 0.808. The molecular weight excluding hydrogens is 264 g/mol. The Hall–Kier alpha value is -0.280. The van der Waals surface area contributed by atoms with Crippen LogP contribution in [0.5, 0.6) is 0 Å². The summed E-state index contributed by atoms with van der Waals surface area (Å²) in [4.78, 5) is 2.00. The molecular formula is C13H30N2O5. The second-order valence-corrected chi connectivity index (χ2v) is 4.34. The van der Waals surface area contributed by atoms with E-state index in [1.54, 1.807) is 0 Å². The van der Waals surface area contributed by atoms with Crippen LogP contribution in [0, 0.1) is 0 Å². The van der Waals surface area contributed by atoms with Gasteiger partial charge in [0.2, 0.25) is 0 Å². The summed E-state index contributed by atoms with van der Waals surface area (Å²) in [5.74, 6) is 0. The monoisotopic (exact) mass is 294 g/mol. The molecule has 0 radical (unpaired) electrons. The van der Waals surface area contributed by atoms with Crippen molar-refractivity contribution in [3.8, 4) is 0 Å². The second-order valence-electron chi connectivity index (χ2n) is 4.34. The Labute approximate surface area is 122 Å². The van der Waals surface area contributed by atoms with Crippen LogP contribution in [0.4, 0.5) is 0 Å². The van der Waals surface area contributed by atoms with Crippen molar-refractivity contribution in [2.75, 3.05) is 67.7 Å². The molecule has 0 aliphatic heterocycles. The molecule has 0 aliphatic carbocycles. The molecule has 0 spiro atoms. The van der Waals surface area contributed by atoms with E-state index in [9.17, 15) is 0 Å². The van der Waals surface area contributed by atoms with Gasteiger partial charge in [0.05, 0.1) is 13.3 Å². The average Bonchev–Trinajstić information content (AvgIpc) is 2.45. The zero-order valence-electron chi connectivity index (χ0n) is 13.1. The maximum Gasteiger partial charge on any atom is 0.151 e. The summed E-state index contributed by atoms with van der Waals surface area (Å²) >= 11 is 0. The summed E-state index contributed by atoms with van der Waals surface area (Å²) in [6.45, 7) is 6.08. The fraction of sp³-hybridized carbons (Fsp3) is 1.00. The van der Waals surface area contributed by atoms with E-state index in [4.69, 9.17) is 23.7 Å². The van der Waals surface area contributed by atoms with Crippen molar-refractivity contribution in [3.63, 3.8) is 0 Å². The third-order valence-electron chi connectivity index (χ3n) is 2.32. The normalized spacial score (nSPS) is 11.4. The number of rotatable bonds is 16. The van der Waals surface area contributed by atoms with Crippen LogP contribution < -0.4 is 5.32 Å². The molecule has 0 saturated carbocycles. The van der Waals surface area contributed by atoms with Crippen LogP contribution >= 0.6 is 0 Å². The number of unbranched alkanes of at least 4 members (excludes halogenated alkanes) is 1. The van der Waals surface area contributed by atoms with Gasteiger partial charge in [0.25, 0.3) is 0 Å². The highest BCUT2D eigenvalue weighted by atomic mass is 16.7. The average molecular weight is 294 g/mol. The molecule has 0 fully saturated rings. The zero-order valence-corrected chi connectivity index (χ0v) is 13.1. The Balaban J connectivity index is 3.11. The minimum absolute atomic E-state index is 0.217. The van der Waals surface area contributed by atoms with Gasteiger partial charge in [-0.3, -0.25) is 10.2 Å². The summed E-state index contributed by atoms with van der Waals surface area (Å²) in [5, 5.41) is 2.85. The van der Waals surface area contributed by atoms with E-state index < -0.39 is 0 Å². The summed E-state index contributed by atoms with van der Waals surface area (Å²) < 4.78 is 26.1. The summed E-state index contributed by atoms with van der Waals surface area (Å²) in [6.07, 6.45) is 2.22. The molecule has 0 aromatic heterocycles. The van der Waals surface area contributed by atoms with E-state index in [1.807, 2.05) is 19.0 Å². The number of hydrogen-bond donors (Lipinski definition) is 1. The van der Waals surface area contributed by atoms with Gasteiger partial charge in [0.15, 0.2) is 13.6 Å². The Kier molecular flexibility index (Phi) is 16.5. The summed E-state index contributed by atoms with van der Waals surface area (Å²) in [6, 6.07) is 0. The van der Waals surface area contributed by atoms with Gasteiger partial charge in [-0.2, -0.15) is 0 Å². The number of likely N-dealkylation sites (N-methyl/N-ethyl adjacent to an activating group) is 1. The highest BCUT2D eigenvalue weighted by Gasteiger charge is 1.98. The Bertz CT molecular complexity index is 168. The second kappa shape index (κ2) is 16.8. The van der Waals surface area contributed by atoms with Crippen LogP contribution in [0.15, 0.2) is 0 Å². The van der Waals surface area contributed by atoms with Crippen molar-refractivity contribution in [2.24, 2.45) is 0 Å². The van der Waals surface area contributed by atoms with E-state index in [-0.39, 0.29) is 13.6 Å². The molecule has 0 atom stereocenters. The molecule has 0 bridgehead atoms. The first-order chi connectivity index (χ1) is 9.81. The van der Waals surface area contributed by atoms with Crippen molar-refractivity contribution in [3.05, 3.63) is 0 Å². The standard InChI is InChI=1S/C13H30N2O5/c1-4-5-7-16-11-17-8-6-15(3)10-19-13-20-12-18-9-14-2/h14H,4-13H2,1-3H3. The van der Waals surface area contributed by atoms with Gasteiger partial charge in [-0.1, -0.05) is 13.3 Å². The van der Waals surface area contributed by atoms with Crippen molar-refractivity contribution in [2.45, 2.75) is 19.8 Å². The largest absolute Gasteiger partial charge is 0.355 e. The maximum atomic E-state index is 5.34. The lowest BCUT2D eigenvalue weighted by Crippen LogP contribution is -2.27. The quantitative estimate of drug-likeness (QED) is 0.334. The molecule has 0 aliphatic rings. The minimum atomic E-state index is 0.217. The van der Waals surface area contributed by atoms with E-state index >= 15 is 0 Å². The highest BCUT2D eigenvalue weighted by molar-refractivity contribution is 4.41. The molecule has 122 valence electrons. The first-order valence-corrected chi connectivity index (χ1v) is 7.03. The van der Waals surface area contributed by atoms with Gasteiger partial charge in [0.1, 0.15) is 13.5 Å². The lowest BCUT2D eigenvalue weighted by atomic mass is 10.4. The van der Waals surface area contributed by atoms with E-state index in [0.29, 0.717) is 26.9 Å². The van der Waals surface area contributed by atoms with Crippen molar-refractivity contribution in [1.29, 1.82) is 0 Å². The summed E-state index contributed by atoms with van der Waals surface area (Å²) in [7, 11) is 3.77. The van der Waals surface area contributed by atoms with Gasteiger partial charge >= 0.3 is 0 Å². The van der Waals surface area contributed by atoms with E-state index in [1.165, 1.54) is 0 Å². The van der Waals surface area contributed by atoms with Crippen molar-refractivity contribution < 1.29 is 23.7 Å². The van der Waals surface area contributed by atoms with Gasteiger partial charge < -0.3 is 23.7 Å². The molecule has 0 saturated heterocycles. The molecule has 0 unspecified atom stereocenters. The SMILES string of the molecule is CCCCOCOCCN(C)COCOCOCNC. The van der Waals surface area contributed by atoms with Gasteiger partial charge in [0, 0.05) is 13.2 Å². The molecule has 0 aromatic carbocycles. The van der Waals surface area contributed by atoms with Crippen LogP contribution in [0.3, 0.4) is 0 Å². The number of hydrogen-bond acceptors (Lipinski definition) is 7. The Morgan fingerprint density at radius 3 is 2.35 bits per heavy atom. The smallest absolute Gasteiger partial charge is 0.151 e. The molecule has 0 aromatic rings. The van der Waals surface area contributed by atoms with Crippen molar-refractivity contribution in [1.82, 2.24) is 10.2 Å². The fourth-order valence-electron chi connectivity index (χ4n) is 1.20. The van der Waals surface area contributed by atoms with Crippen LogP contribution in [-0.2, 0) is 23.7 Å². The van der Waals surface area contributed by atoms with Crippen LogP contribution in [0.1, 0.15) is 19.8 Å². The molecule has 0 heterocycles. The van der Waals surface area contributed by atoms with Gasteiger partial charge in [-0.05, 0) is 20.5 Å². The molecule has 1 N–H and O–H groups in total. The Morgan fingerprint density at radius 1 is 0.900 bits per heavy atom. The van der Waals surface area contributed by atoms with Gasteiger partial charge in [-0.25, -0.2) is 0 Å². The lowest BCUT2D eigenvalue weighted by molar-refractivity contribution is -0.148. The summed E-state index contributed by atoms with van der Waals surface area (Å²) in [5.41, 5.74) is 0. The lowest BCUT2D eigenvalue weighted by Gasteiger charge is -2.16. The molecule has 0 amide bonds. The number of nitrogens with zero attached hydrogens (tertiary/aromatic N) is 1. The van der Waals surface area contributed by atoms with E-state index in [2.05, 4.69) is 12.2 Å². The van der Waals surface area contributed by atoms with Crippen molar-refractivity contribution >= 4 is 0 Å². The third-order valence-corrected chi connectivity index (χ3v) is 2.32. The highest BCUT2D eigenvalue weighted by Crippen LogP contribution is 1.90. The van der Waals surface area contributed by atoms with Gasteiger partial charge in [-0.15, -0.1) is 0 Å². The number of nitrogens with one attached hydrogen (secondary N) is 1. The first kappa shape index (κ1) is 19.7. The molecule has 0 rings (SSSR count). The minimum Gasteiger partial charge on any atom is -0.355 e. The molecule has 7 heteroatoms. The predicted molar refractivity (Wildman–Crippen MR) is 76.1 cm³/mol.